The molecule has 3 aliphatic heterocycles. The Morgan fingerprint density at radius 1 is 0.360 bits per heavy atom. The molecule has 7 aliphatic rings. The van der Waals surface area contributed by atoms with Gasteiger partial charge in [0.25, 0.3) is 5.69 Å². The van der Waals surface area contributed by atoms with Crippen LogP contribution in [0, 0.1) is 24.0 Å². The zero-order valence-corrected chi connectivity index (χ0v) is 49.4. The second-order valence-corrected chi connectivity index (χ2v) is 28.6. The Hall–Kier alpha value is -11.1. The van der Waals surface area contributed by atoms with Gasteiger partial charge in [0.2, 0.25) is 8.07 Å². The van der Waals surface area contributed by atoms with E-state index in [0.29, 0.717) is 0 Å². The summed E-state index contributed by atoms with van der Waals surface area (Å²) in [6.45, 7) is 4.25. The van der Waals surface area contributed by atoms with E-state index in [1.54, 1.807) is 12.1 Å². The molecule has 0 saturated heterocycles. The fourth-order valence-electron chi connectivity index (χ4n) is 17.6. The van der Waals surface area contributed by atoms with Crippen LogP contribution >= 0.6 is 0 Å². The number of ether oxygens (including phenoxy) is 2. The van der Waals surface area contributed by atoms with Crippen LogP contribution in [-0.2, 0) is 10.8 Å². The second kappa shape index (κ2) is 17.1. The van der Waals surface area contributed by atoms with E-state index in [2.05, 4.69) is 261 Å². The van der Waals surface area contributed by atoms with Gasteiger partial charge in [-0.25, -0.2) is 0 Å². The van der Waals surface area contributed by atoms with Crippen molar-refractivity contribution in [3.63, 3.8) is 0 Å². The number of nitrogens with zero attached hydrogens (tertiary/aromatic N) is 2. The summed E-state index contributed by atoms with van der Waals surface area (Å²) in [6.07, 6.45) is 0. The summed E-state index contributed by atoms with van der Waals surface area (Å²) in [5.74, 6) is 3.04. The largest absolute Gasteiger partial charge is 0.457 e. The van der Waals surface area contributed by atoms with Crippen LogP contribution in [0.2, 0.25) is 0 Å². The van der Waals surface area contributed by atoms with Crippen molar-refractivity contribution < 1.29 is 14.4 Å². The highest BCUT2D eigenvalue weighted by molar-refractivity contribution is 7.23. The predicted octanol–water partition coefficient (Wildman–Crippen LogP) is 17.6. The van der Waals surface area contributed by atoms with E-state index >= 15 is 0 Å². The first kappa shape index (κ1) is 49.0. The van der Waals surface area contributed by atoms with Crippen LogP contribution in [0.15, 0.2) is 267 Å². The van der Waals surface area contributed by atoms with E-state index in [1.807, 2.05) is 12.1 Å². The van der Waals surface area contributed by atoms with Crippen molar-refractivity contribution >= 4 is 51.6 Å². The molecule has 89 heavy (non-hydrogen) atoms. The van der Waals surface area contributed by atoms with E-state index in [0.717, 1.165) is 94.2 Å². The summed E-state index contributed by atoms with van der Waals surface area (Å²) in [5, 5.41) is 16.9. The summed E-state index contributed by atoms with van der Waals surface area (Å²) in [6, 6.07) is 97.8. The van der Waals surface area contributed by atoms with Crippen LogP contribution in [0.3, 0.4) is 0 Å². The van der Waals surface area contributed by atoms with Crippen LogP contribution in [-0.4, -0.2) is 13.0 Å². The number of anilines is 3. The monoisotopic (exact) mass is 1150 g/mol. The fourth-order valence-corrected chi connectivity index (χ4v) is 23.1. The standard InChI is InChI=1S/C82H50N2O4Si/c1-47-27-31-51(32-28-47)83-72-41-39-54(49-29-37-62-60-19-7-13-25-68(60)81(70(62)45-49)64-21-9-3-15-56(64)57-16-4-10-22-65(57)81)76-78(72)89(53-35-33-52(34-36-53)84(85)86)79-73(83)42-40-55(77(79)88-75-44-48(2)43-74(87-76)80(75)89)50-30-38-63-61-20-8-14-26-69(61)82(71(63)46-50)66-23-11-5-17-58(66)59-18-6-12-24-67(59)82/h3-46H,1-2H3. The fraction of sp³-hybridized carbons (Fsp3) is 0.0488. The topological polar surface area (TPSA) is 64.8 Å². The van der Waals surface area contributed by atoms with Gasteiger partial charge in [-0.1, -0.05) is 200 Å². The minimum absolute atomic E-state index is 0.0376. The van der Waals surface area contributed by atoms with Crippen LogP contribution in [0.1, 0.15) is 55.6 Å². The minimum atomic E-state index is -3.74. The van der Waals surface area contributed by atoms with Crippen LogP contribution in [0.5, 0.6) is 23.0 Å². The van der Waals surface area contributed by atoms with Crippen LogP contribution < -0.4 is 35.1 Å². The molecule has 0 atom stereocenters. The first-order chi connectivity index (χ1) is 43.8. The number of hydrogen-bond donors (Lipinski definition) is 0. The number of aryl methyl sites for hydroxylation is 2. The highest BCUT2D eigenvalue weighted by Crippen LogP contribution is 2.66. The Kier molecular flexibility index (Phi) is 9.42. The van der Waals surface area contributed by atoms with E-state index in [9.17, 15) is 10.1 Å². The molecule has 3 heterocycles. The van der Waals surface area contributed by atoms with Crippen LogP contribution in [0.25, 0.3) is 66.8 Å². The first-order valence-electron chi connectivity index (χ1n) is 30.6. The van der Waals surface area contributed by atoms with Crippen molar-refractivity contribution in [2.24, 2.45) is 0 Å². The lowest BCUT2D eigenvalue weighted by Crippen LogP contribution is -2.79. The lowest BCUT2D eigenvalue weighted by Gasteiger charge is -2.51. The summed E-state index contributed by atoms with van der Waals surface area (Å²) >= 11 is 0. The predicted molar refractivity (Wildman–Crippen MR) is 358 cm³/mol. The van der Waals surface area contributed by atoms with Gasteiger partial charge in [-0.05, 0) is 185 Å². The molecule has 7 heteroatoms. The van der Waals surface area contributed by atoms with Crippen molar-refractivity contribution in [3.8, 4) is 89.8 Å². The van der Waals surface area contributed by atoms with Gasteiger partial charge in [0.1, 0.15) is 23.0 Å². The molecule has 0 amide bonds. The molecule has 6 nitrogen and oxygen atoms in total. The van der Waals surface area contributed by atoms with E-state index in [-0.39, 0.29) is 10.6 Å². The van der Waals surface area contributed by atoms with Crippen molar-refractivity contribution in [1.29, 1.82) is 0 Å². The maximum atomic E-state index is 12.8. The molecule has 416 valence electrons. The van der Waals surface area contributed by atoms with Gasteiger partial charge in [-0.3, -0.25) is 10.1 Å². The third kappa shape index (κ3) is 5.87. The SMILES string of the molecule is Cc1ccc(N2c3ccc(-c4ccc5c(c4)C4(c6ccccc6-c6ccccc64)c4ccccc4-5)c4c3[Si]3(c5ccc([N+](=O)[O-])cc5)c5c(cc(C)cc5Oc5c(-c6ccc7c(c6)C6(c8ccccc8-c8ccccc86)c6ccccc6-7)ccc2c53)O4)cc1. The average Bonchev–Trinajstić information content (AvgIpc) is 1.43. The Morgan fingerprint density at radius 3 is 1.10 bits per heavy atom. The maximum Gasteiger partial charge on any atom is 0.269 e. The number of rotatable bonds is 5. The van der Waals surface area contributed by atoms with Gasteiger partial charge in [0, 0.05) is 44.5 Å². The van der Waals surface area contributed by atoms with E-state index in [1.165, 1.54) is 89.0 Å². The van der Waals surface area contributed by atoms with Crippen molar-refractivity contribution in [2.75, 3.05) is 4.90 Å². The maximum absolute atomic E-state index is 12.8. The van der Waals surface area contributed by atoms with Gasteiger partial charge < -0.3 is 14.4 Å². The number of nitro groups is 1. The smallest absolute Gasteiger partial charge is 0.269 e. The van der Waals surface area contributed by atoms with Gasteiger partial charge in [0.05, 0.1) is 27.1 Å². The zero-order valence-electron chi connectivity index (χ0n) is 48.4. The molecular formula is C82H50N2O4Si. The lowest BCUT2D eigenvalue weighted by molar-refractivity contribution is -0.384. The molecular weight excluding hydrogens is 1100 g/mol. The third-order valence-electron chi connectivity index (χ3n) is 20.9. The highest BCUT2D eigenvalue weighted by atomic mass is 28.3. The Bertz CT molecular complexity index is 5010. The summed E-state index contributed by atoms with van der Waals surface area (Å²) < 4.78 is 15.5. The number of non-ortho nitro benzene ring substituents is 1. The van der Waals surface area contributed by atoms with Crippen molar-refractivity contribution in [3.05, 3.63) is 333 Å². The molecule has 13 aromatic carbocycles. The molecule has 0 saturated carbocycles. The van der Waals surface area contributed by atoms with E-state index in [4.69, 9.17) is 9.47 Å². The molecule has 13 aromatic rings. The molecule has 20 rings (SSSR count). The van der Waals surface area contributed by atoms with Gasteiger partial charge in [-0.2, -0.15) is 0 Å². The first-order valence-corrected chi connectivity index (χ1v) is 32.6. The molecule has 0 unspecified atom stereocenters. The Balaban J connectivity index is 0.887. The lowest BCUT2D eigenvalue weighted by atomic mass is 9.70. The Labute approximate surface area is 515 Å². The minimum Gasteiger partial charge on any atom is -0.457 e. The number of benzene rings is 13. The quantitative estimate of drug-likeness (QED) is 0.0976. The highest BCUT2D eigenvalue weighted by Gasteiger charge is 2.61. The molecule has 4 aliphatic carbocycles. The zero-order chi connectivity index (χ0) is 58.8. The summed E-state index contributed by atoms with van der Waals surface area (Å²) in [4.78, 5) is 14.9. The number of nitro benzene ring substituents is 1. The molecule has 2 spiro atoms. The third-order valence-corrected chi connectivity index (χ3v) is 25.8. The molecule has 0 aromatic heterocycles. The van der Waals surface area contributed by atoms with Crippen molar-refractivity contribution in [2.45, 2.75) is 24.7 Å². The Morgan fingerprint density at radius 2 is 0.719 bits per heavy atom. The van der Waals surface area contributed by atoms with E-state index < -0.39 is 18.9 Å². The molecule has 0 radical (unpaired) electrons. The second-order valence-electron chi connectivity index (χ2n) is 25.0. The number of fused-ring (bicyclic) bond motifs is 20. The molecule has 0 fully saturated rings. The normalized spacial score (nSPS) is 15.1. The van der Waals surface area contributed by atoms with Gasteiger partial charge in [0.15, 0.2) is 0 Å². The van der Waals surface area contributed by atoms with Gasteiger partial charge >= 0.3 is 0 Å². The average molecular weight is 1160 g/mol. The van der Waals surface area contributed by atoms with Gasteiger partial charge in [-0.15, -0.1) is 0 Å². The summed E-state index contributed by atoms with van der Waals surface area (Å²) in [7, 11) is -3.74. The van der Waals surface area contributed by atoms with Crippen molar-refractivity contribution in [1.82, 2.24) is 0 Å². The molecule has 0 bridgehead atoms. The summed E-state index contributed by atoms with van der Waals surface area (Å²) in [5.41, 5.74) is 28.2. The molecule has 0 N–H and O–H groups in total. The van der Waals surface area contributed by atoms with Crippen LogP contribution in [0.4, 0.5) is 22.7 Å². The number of hydrogen-bond acceptors (Lipinski definition) is 5.